The van der Waals surface area contributed by atoms with Crippen LogP contribution < -0.4 is 16.0 Å². The number of piperazine rings is 1. The highest BCUT2D eigenvalue weighted by atomic mass is 16.6. The Kier molecular flexibility index (Phi) is 24.4. The van der Waals surface area contributed by atoms with E-state index in [4.69, 9.17) is 14.2 Å². The van der Waals surface area contributed by atoms with Crippen LogP contribution in [0.15, 0.2) is 53.6 Å². The molecule has 9 atom stereocenters. The molecule has 3 rings (SSSR count). The summed E-state index contributed by atoms with van der Waals surface area (Å²) in [5, 5.41) is 17.5. The van der Waals surface area contributed by atoms with Crippen molar-refractivity contribution >= 4 is 47.4 Å². The average molecular weight is 996 g/mol. The van der Waals surface area contributed by atoms with Crippen molar-refractivity contribution in [2.45, 2.75) is 137 Å². The van der Waals surface area contributed by atoms with E-state index < -0.39 is 102 Å². The van der Waals surface area contributed by atoms with E-state index in [1.165, 1.54) is 39.8 Å². The number of likely N-dealkylation sites (N-methyl/N-ethyl adjacent to an activating group) is 2. The van der Waals surface area contributed by atoms with E-state index in [-0.39, 0.29) is 49.9 Å². The normalized spacial score (nSPS) is 27.5. The summed E-state index contributed by atoms with van der Waals surface area (Å²) < 4.78 is 18.3. The lowest BCUT2D eigenvalue weighted by molar-refractivity contribution is -0.157. The third-order valence-electron chi connectivity index (χ3n) is 13.4. The molecule has 0 radical (unpaired) electrons. The number of hydrogen-bond acceptors (Lipinski definition) is 13. The lowest BCUT2D eigenvalue weighted by Gasteiger charge is -2.35. The highest BCUT2D eigenvalue weighted by Gasteiger charge is 2.37. The van der Waals surface area contributed by atoms with Crippen LogP contribution in [0.3, 0.4) is 0 Å². The van der Waals surface area contributed by atoms with Gasteiger partial charge < -0.3 is 50.0 Å². The molecule has 19 heteroatoms. The lowest BCUT2D eigenvalue weighted by Crippen LogP contribution is -2.57. The molecule has 1 saturated heterocycles. The predicted octanol–water partition coefficient (Wildman–Crippen LogP) is 2.40. The maximum Gasteiger partial charge on any atom is 0.334 e. The third kappa shape index (κ3) is 18.2. The summed E-state index contributed by atoms with van der Waals surface area (Å²) in [7, 11) is 2.85. The summed E-state index contributed by atoms with van der Waals surface area (Å²) in [5.74, 6) is -6.24. The van der Waals surface area contributed by atoms with E-state index in [2.05, 4.69) is 20.9 Å². The molecule has 2 aliphatic rings. The number of benzene rings is 1. The third-order valence-corrected chi connectivity index (χ3v) is 13.4. The van der Waals surface area contributed by atoms with Gasteiger partial charge in [0.2, 0.25) is 29.5 Å². The fourth-order valence-electron chi connectivity index (χ4n) is 8.39. The van der Waals surface area contributed by atoms with Crippen molar-refractivity contribution in [3.8, 4) is 0 Å². The summed E-state index contributed by atoms with van der Waals surface area (Å²) in [6.07, 6.45) is 0.996. The van der Waals surface area contributed by atoms with Crippen molar-refractivity contribution in [1.29, 1.82) is 0 Å². The Hall–Kier alpha value is -5.66. The Labute approximate surface area is 420 Å². The van der Waals surface area contributed by atoms with Crippen LogP contribution in [0.2, 0.25) is 0 Å². The van der Waals surface area contributed by atoms with E-state index >= 15 is 0 Å². The van der Waals surface area contributed by atoms with Gasteiger partial charge in [-0.25, -0.2) is 9.59 Å². The standard InChI is InChI=1S/C52H81N7O12/c1-13-33(5)45-48(64)54-38(10)52(68)71-46(34(6)14-2)36(8)41(69-31-44(62)59-24-22-58(23-25-59)26-27-60)21-20-35(7)51(67)70-42(28-32(3)4)47(63)53-37(9)49(65)57(12)40(29-39-18-16-15-17-19-39)50(66)56(11)30-43(61)55-45/h14-20,32-33,36-38,40-42,45-46,60H,13,21-31H2,1-12H3,(H,53,63)(H,54,64)(H,55,61)/b34-14+,35-20+/t33?,36-,37-,38+,40+,41-,42+,45-,46+/m0/s1. The fourth-order valence-corrected chi connectivity index (χ4v) is 8.39. The highest BCUT2D eigenvalue weighted by Crippen LogP contribution is 2.26. The number of nitrogens with one attached hydrogen (secondary N) is 3. The number of aliphatic hydroxyl groups is 1. The van der Waals surface area contributed by atoms with Crippen LogP contribution in [0.5, 0.6) is 0 Å². The monoisotopic (exact) mass is 996 g/mol. The van der Waals surface area contributed by atoms with Crippen LogP contribution in [0, 0.1) is 17.8 Å². The van der Waals surface area contributed by atoms with Crippen molar-refractivity contribution in [2.75, 3.05) is 66.6 Å². The summed E-state index contributed by atoms with van der Waals surface area (Å²) in [6.45, 7) is 18.9. The SMILES string of the molecule is C/C=C(\C)[C@H]1OC(=O)[C@@H](C)NC(=O)[C@H](C(C)CC)NC(=O)CN(C)C(=O)[C@@H](Cc2ccccc2)N(C)C(=O)[C@H](C)NC(=O)[C@@H](CC(C)C)OC(=O)/C(C)=C/C[C@H](OCC(=O)N2CCN(CCO)CC2)[C@@H]1C. The molecule has 1 fully saturated rings. The number of amides is 6. The van der Waals surface area contributed by atoms with Gasteiger partial charge in [0, 0.05) is 64.7 Å². The Bertz CT molecular complexity index is 2040. The molecule has 1 unspecified atom stereocenters. The van der Waals surface area contributed by atoms with Gasteiger partial charge in [0.25, 0.3) is 5.91 Å². The van der Waals surface area contributed by atoms with Gasteiger partial charge in [-0.05, 0) is 70.4 Å². The first kappa shape index (κ1) is 59.6. The number of rotatable bonds is 12. The summed E-state index contributed by atoms with van der Waals surface area (Å²) >= 11 is 0. The van der Waals surface area contributed by atoms with Crippen LogP contribution in [-0.4, -0.2) is 181 Å². The zero-order valence-corrected chi connectivity index (χ0v) is 44.0. The minimum Gasteiger partial charge on any atom is -0.456 e. The first-order valence-corrected chi connectivity index (χ1v) is 24.9. The smallest absolute Gasteiger partial charge is 0.334 e. The Morgan fingerprint density at radius 1 is 0.887 bits per heavy atom. The van der Waals surface area contributed by atoms with Gasteiger partial charge in [-0.3, -0.25) is 33.7 Å². The molecule has 0 aliphatic carbocycles. The average Bonchev–Trinajstić information content (AvgIpc) is 3.34. The van der Waals surface area contributed by atoms with Gasteiger partial charge in [0.15, 0.2) is 6.10 Å². The molecule has 4 N–H and O–H groups in total. The van der Waals surface area contributed by atoms with Crippen molar-refractivity contribution in [1.82, 2.24) is 35.6 Å². The molecule has 1 aromatic rings. The first-order valence-electron chi connectivity index (χ1n) is 24.9. The van der Waals surface area contributed by atoms with Crippen molar-refractivity contribution in [2.24, 2.45) is 17.8 Å². The molecule has 396 valence electrons. The first-order chi connectivity index (χ1) is 33.5. The molecule has 0 bridgehead atoms. The van der Waals surface area contributed by atoms with Crippen molar-refractivity contribution < 1.29 is 57.7 Å². The molecule has 0 saturated carbocycles. The van der Waals surface area contributed by atoms with Crippen LogP contribution in [0.1, 0.15) is 94.1 Å². The number of β-amino-alcohol motifs (C(OH)–C–C–N with tert-alkyl or cyclic N) is 1. The minimum atomic E-state index is -1.30. The van der Waals surface area contributed by atoms with Gasteiger partial charge in [0.1, 0.15) is 36.9 Å². The number of carbonyl (C=O) groups excluding carboxylic acids is 8. The molecule has 1 aromatic carbocycles. The second-order valence-electron chi connectivity index (χ2n) is 19.4. The second kappa shape index (κ2) is 29.0. The van der Waals surface area contributed by atoms with Crippen molar-refractivity contribution in [3.63, 3.8) is 0 Å². The summed E-state index contributed by atoms with van der Waals surface area (Å²) in [4.78, 5) is 117. The zero-order valence-electron chi connectivity index (χ0n) is 44.0. The molecule has 19 nitrogen and oxygen atoms in total. The predicted molar refractivity (Wildman–Crippen MR) is 267 cm³/mol. The molecule has 0 spiro atoms. The topological polar surface area (TPSA) is 234 Å². The molecule has 71 heavy (non-hydrogen) atoms. The van der Waals surface area contributed by atoms with E-state index in [1.807, 2.05) is 26.8 Å². The van der Waals surface area contributed by atoms with Gasteiger partial charge >= 0.3 is 11.9 Å². The Morgan fingerprint density at radius 2 is 1.52 bits per heavy atom. The number of allylic oxidation sites excluding steroid dienone is 1. The van der Waals surface area contributed by atoms with Crippen LogP contribution in [0.4, 0.5) is 0 Å². The highest BCUT2D eigenvalue weighted by molar-refractivity contribution is 5.96. The van der Waals surface area contributed by atoms with E-state index in [9.17, 15) is 43.5 Å². The fraction of sp³-hybridized carbons (Fsp3) is 0.654. The van der Waals surface area contributed by atoms with Crippen LogP contribution >= 0.6 is 0 Å². The van der Waals surface area contributed by atoms with Crippen LogP contribution in [0.25, 0.3) is 0 Å². The molecule has 6 amide bonds. The van der Waals surface area contributed by atoms with E-state index in [0.717, 1.165) is 10.5 Å². The number of hydrogen-bond donors (Lipinski definition) is 4. The van der Waals surface area contributed by atoms with Gasteiger partial charge in [-0.2, -0.15) is 0 Å². The van der Waals surface area contributed by atoms with Gasteiger partial charge in [0.05, 0.1) is 19.3 Å². The quantitative estimate of drug-likeness (QED) is 0.174. The maximum absolute atomic E-state index is 14.3. The van der Waals surface area contributed by atoms with Crippen LogP contribution in [-0.2, 0) is 59.0 Å². The second-order valence-corrected chi connectivity index (χ2v) is 19.4. The molecule has 2 aliphatic heterocycles. The van der Waals surface area contributed by atoms with E-state index in [0.29, 0.717) is 44.7 Å². The number of cyclic esters (lactones) is 2. The van der Waals surface area contributed by atoms with E-state index in [1.54, 1.807) is 69.0 Å². The number of nitrogens with zero attached hydrogens (tertiary/aromatic N) is 4. The molecule has 0 aromatic heterocycles. The zero-order chi connectivity index (χ0) is 53.1. The molecular weight excluding hydrogens is 915 g/mol. The van der Waals surface area contributed by atoms with Gasteiger partial charge in [-0.15, -0.1) is 0 Å². The van der Waals surface area contributed by atoms with Crippen molar-refractivity contribution in [3.05, 3.63) is 59.2 Å². The Morgan fingerprint density at radius 3 is 2.11 bits per heavy atom. The summed E-state index contributed by atoms with van der Waals surface area (Å²) in [6, 6.07) is 4.39. The minimum absolute atomic E-state index is 0.0122. The summed E-state index contributed by atoms with van der Waals surface area (Å²) in [5.41, 5.74) is 1.50. The lowest BCUT2D eigenvalue weighted by atomic mass is 9.90. The number of carbonyl (C=O) groups is 8. The number of esters is 2. The number of aliphatic hydroxyl groups excluding tert-OH is 1. The Balaban J connectivity index is 2.09. The number of ether oxygens (including phenoxy) is 3. The molecular formula is C52H81N7O12. The maximum atomic E-state index is 14.3. The van der Waals surface area contributed by atoms with Gasteiger partial charge in [-0.1, -0.05) is 83.5 Å². The molecule has 2 heterocycles. The largest absolute Gasteiger partial charge is 0.456 e.